The first-order chi connectivity index (χ1) is 8.40. The lowest BCUT2D eigenvalue weighted by Crippen LogP contribution is -2.31. The van der Waals surface area contributed by atoms with Crippen LogP contribution in [0.1, 0.15) is 17.3 Å². The Bertz CT molecular complexity index is 427. The molecule has 0 heterocycles. The smallest absolute Gasteiger partial charge is 0.387 e. The van der Waals surface area contributed by atoms with Crippen molar-refractivity contribution in [1.29, 1.82) is 0 Å². The zero-order chi connectivity index (χ0) is 13.7. The predicted molar refractivity (Wildman–Crippen MR) is 62.1 cm³/mol. The minimum absolute atomic E-state index is 0.000531. The second kappa shape index (κ2) is 6.51. The average molecular weight is 280 g/mol. The zero-order valence-electron chi connectivity index (χ0n) is 9.49. The van der Waals surface area contributed by atoms with Crippen molar-refractivity contribution < 1.29 is 23.4 Å². The van der Waals surface area contributed by atoms with Crippen molar-refractivity contribution in [2.24, 2.45) is 0 Å². The molecule has 0 aromatic heterocycles. The molecule has 0 bridgehead atoms. The first-order valence-corrected chi connectivity index (χ1v) is 5.48. The van der Waals surface area contributed by atoms with Crippen molar-refractivity contribution in [3.8, 4) is 5.75 Å². The van der Waals surface area contributed by atoms with Crippen molar-refractivity contribution in [2.45, 2.75) is 19.6 Å². The molecule has 0 saturated carbocycles. The molecule has 0 aliphatic carbocycles. The van der Waals surface area contributed by atoms with E-state index >= 15 is 0 Å². The van der Waals surface area contributed by atoms with Gasteiger partial charge in [-0.25, -0.2) is 0 Å². The minimum atomic E-state index is -3.03. The van der Waals surface area contributed by atoms with Gasteiger partial charge in [0.25, 0.3) is 5.91 Å². The highest BCUT2D eigenvalue weighted by Gasteiger charge is 2.16. The van der Waals surface area contributed by atoms with E-state index in [-0.39, 0.29) is 22.9 Å². The number of amides is 1. The molecule has 1 aromatic carbocycles. The molecular formula is C11H12ClF2NO3. The van der Waals surface area contributed by atoms with E-state index in [4.69, 9.17) is 16.7 Å². The number of aliphatic hydroxyl groups is 1. The summed E-state index contributed by atoms with van der Waals surface area (Å²) in [6, 6.07) is 3.74. The third-order valence-electron chi connectivity index (χ3n) is 1.96. The molecule has 1 atom stereocenters. The van der Waals surface area contributed by atoms with Crippen LogP contribution >= 0.6 is 11.6 Å². The van der Waals surface area contributed by atoms with Crippen LogP contribution in [0.15, 0.2) is 18.2 Å². The molecule has 0 fully saturated rings. The highest BCUT2D eigenvalue weighted by Crippen LogP contribution is 2.24. The molecule has 0 aliphatic heterocycles. The Balaban J connectivity index is 2.90. The fraction of sp³-hybridized carbons (Fsp3) is 0.364. The lowest BCUT2D eigenvalue weighted by molar-refractivity contribution is -0.0501. The van der Waals surface area contributed by atoms with Gasteiger partial charge in [0.05, 0.1) is 11.7 Å². The summed E-state index contributed by atoms with van der Waals surface area (Å²) in [5.74, 6) is -0.911. The molecule has 0 spiro atoms. The molecule has 4 nitrogen and oxygen atoms in total. The highest BCUT2D eigenvalue weighted by molar-refractivity contribution is 6.31. The Labute approximate surface area is 108 Å². The second-order valence-corrected chi connectivity index (χ2v) is 4.01. The van der Waals surface area contributed by atoms with Crippen molar-refractivity contribution in [1.82, 2.24) is 5.32 Å². The van der Waals surface area contributed by atoms with Crippen molar-refractivity contribution in [3.63, 3.8) is 0 Å². The van der Waals surface area contributed by atoms with Crippen LogP contribution in [0.5, 0.6) is 5.75 Å². The van der Waals surface area contributed by atoms with Crippen LogP contribution in [0.4, 0.5) is 8.78 Å². The Kier molecular flexibility index (Phi) is 5.30. The van der Waals surface area contributed by atoms with E-state index in [2.05, 4.69) is 10.1 Å². The predicted octanol–water partition coefficient (Wildman–Crippen LogP) is 2.05. The Morgan fingerprint density at radius 3 is 2.78 bits per heavy atom. The standard InChI is InChI=1S/C11H12ClF2NO3/c1-6(16)5-15-10(17)8-4-7(12)2-3-9(8)18-11(13)14/h2-4,6,11,16H,5H2,1H3,(H,15,17). The number of ether oxygens (including phenoxy) is 1. The van der Waals surface area contributed by atoms with Crippen LogP contribution in [-0.2, 0) is 0 Å². The van der Waals surface area contributed by atoms with Crippen LogP contribution < -0.4 is 10.1 Å². The molecule has 1 unspecified atom stereocenters. The maximum Gasteiger partial charge on any atom is 0.387 e. The SMILES string of the molecule is CC(O)CNC(=O)c1cc(Cl)ccc1OC(F)F. The van der Waals surface area contributed by atoms with Crippen LogP contribution in [0.2, 0.25) is 5.02 Å². The number of benzene rings is 1. The van der Waals surface area contributed by atoms with Crippen LogP contribution in [-0.4, -0.2) is 30.3 Å². The van der Waals surface area contributed by atoms with Crippen molar-refractivity contribution >= 4 is 17.5 Å². The molecule has 7 heteroatoms. The molecule has 0 aliphatic rings. The highest BCUT2D eigenvalue weighted by atomic mass is 35.5. The monoisotopic (exact) mass is 279 g/mol. The largest absolute Gasteiger partial charge is 0.434 e. The van der Waals surface area contributed by atoms with Gasteiger partial charge in [0, 0.05) is 11.6 Å². The zero-order valence-corrected chi connectivity index (χ0v) is 10.2. The summed E-state index contributed by atoms with van der Waals surface area (Å²) in [5.41, 5.74) is -0.108. The lowest BCUT2D eigenvalue weighted by atomic mass is 10.2. The van der Waals surface area contributed by atoms with Gasteiger partial charge in [0.2, 0.25) is 0 Å². The van der Waals surface area contributed by atoms with Gasteiger partial charge in [-0.2, -0.15) is 8.78 Å². The van der Waals surface area contributed by atoms with E-state index in [1.165, 1.54) is 25.1 Å². The van der Waals surface area contributed by atoms with Gasteiger partial charge in [0.1, 0.15) is 5.75 Å². The molecule has 0 radical (unpaired) electrons. The summed E-state index contributed by atoms with van der Waals surface area (Å²) in [7, 11) is 0. The van der Waals surface area contributed by atoms with Crippen molar-refractivity contribution in [2.75, 3.05) is 6.54 Å². The normalized spacial score (nSPS) is 12.3. The molecule has 18 heavy (non-hydrogen) atoms. The minimum Gasteiger partial charge on any atom is -0.434 e. The fourth-order valence-corrected chi connectivity index (χ4v) is 1.39. The molecule has 1 amide bonds. The maximum absolute atomic E-state index is 12.2. The molecule has 0 saturated heterocycles. The average Bonchev–Trinajstić information content (AvgIpc) is 2.27. The number of carbonyl (C=O) groups excluding carboxylic acids is 1. The summed E-state index contributed by atoms with van der Waals surface area (Å²) in [4.78, 5) is 11.7. The number of nitrogens with one attached hydrogen (secondary N) is 1. The third-order valence-corrected chi connectivity index (χ3v) is 2.20. The van der Waals surface area contributed by atoms with Gasteiger partial charge in [-0.3, -0.25) is 4.79 Å². The quantitative estimate of drug-likeness (QED) is 0.867. The number of halogens is 3. The first kappa shape index (κ1) is 14.7. The van der Waals surface area contributed by atoms with Gasteiger partial charge in [-0.05, 0) is 25.1 Å². The number of carbonyl (C=O) groups is 1. The topological polar surface area (TPSA) is 58.6 Å². The second-order valence-electron chi connectivity index (χ2n) is 3.58. The molecule has 1 aromatic rings. The van der Waals surface area contributed by atoms with Crippen LogP contribution in [0, 0.1) is 0 Å². The van der Waals surface area contributed by atoms with E-state index in [1.807, 2.05) is 0 Å². The number of aliphatic hydroxyl groups excluding tert-OH is 1. The Morgan fingerprint density at radius 1 is 1.56 bits per heavy atom. The van der Waals surface area contributed by atoms with Gasteiger partial charge in [-0.1, -0.05) is 11.6 Å². The van der Waals surface area contributed by atoms with E-state index in [9.17, 15) is 13.6 Å². The van der Waals surface area contributed by atoms with Gasteiger partial charge < -0.3 is 15.2 Å². The summed E-state index contributed by atoms with van der Waals surface area (Å²) < 4.78 is 28.5. The number of rotatable bonds is 5. The van der Waals surface area contributed by atoms with Crippen molar-refractivity contribution in [3.05, 3.63) is 28.8 Å². The van der Waals surface area contributed by atoms with E-state index in [1.54, 1.807) is 0 Å². The lowest BCUT2D eigenvalue weighted by Gasteiger charge is -2.12. The van der Waals surface area contributed by atoms with Crippen LogP contribution in [0.3, 0.4) is 0 Å². The molecule has 1 rings (SSSR count). The van der Waals surface area contributed by atoms with Gasteiger partial charge in [0.15, 0.2) is 0 Å². The number of hydrogen-bond acceptors (Lipinski definition) is 3. The molecule has 2 N–H and O–H groups in total. The number of hydrogen-bond donors (Lipinski definition) is 2. The fourth-order valence-electron chi connectivity index (χ4n) is 1.21. The number of alkyl halides is 2. The van der Waals surface area contributed by atoms with E-state index in [0.29, 0.717) is 0 Å². The summed E-state index contributed by atoms with van der Waals surface area (Å²) in [6.07, 6.45) is -0.743. The molecular weight excluding hydrogens is 268 g/mol. The van der Waals surface area contributed by atoms with Gasteiger partial charge in [-0.15, -0.1) is 0 Å². The summed E-state index contributed by atoms with van der Waals surface area (Å²) in [6.45, 7) is -1.55. The van der Waals surface area contributed by atoms with E-state index in [0.717, 1.165) is 0 Å². The Morgan fingerprint density at radius 2 is 2.22 bits per heavy atom. The summed E-state index contributed by atoms with van der Waals surface area (Å²) >= 11 is 5.69. The third kappa shape index (κ3) is 4.46. The first-order valence-electron chi connectivity index (χ1n) is 5.10. The summed E-state index contributed by atoms with van der Waals surface area (Å²) in [5, 5.41) is 11.6. The Hall–Kier alpha value is -1.40. The maximum atomic E-state index is 12.2. The van der Waals surface area contributed by atoms with E-state index < -0.39 is 18.6 Å². The van der Waals surface area contributed by atoms with Crippen LogP contribution in [0.25, 0.3) is 0 Å². The van der Waals surface area contributed by atoms with Gasteiger partial charge >= 0.3 is 6.61 Å². The molecule has 100 valence electrons.